The Morgan fingerprint density at radius 1 is 1.52 bits per heavy atom. The number of carbonyl (C=O) groups is 1. The summed E-state index contributed by atoms with van der Waals surface area (Å²) in [6.45, 7) is 7.20. The van der Waals surface area contributed by atoms with Gasteiger partial charge in [-0.2, -0.15) is 5.10 Å². The van der Waals surface area contributed by atoms with Crippen LogP contribution in [0.15, 0.2) is 6.20 Å². The predicted octanol–water partition coefficient (Wildman–Crippen LogP) is 1.50. The highest BCUT2D eigenvalue weighted by atomic mass is 16.6. The first-order valence-corrected chi connectivity index (χ1v) is 7.28. The van der Waals surface area contributed by atoms with Crippen LogP contribution in [-0.4, -0.2) is 40.6 Å². The number of nitrogens with one attached hydrogen (secondary N) is 1. The molecule has 1 fully saturated rings. The maximum Gasteiger partial charge on any atom is 0.407 e. The van der Waals surface area contributed by atoms with E-state index in [0.717, 1.165) is 25.2 Å². The number of hydrogen-bond acceptors (Lipinski definition) is 5. The first-order chi connectivity index (χ1) is 9.76. The number of nitrogens with two attached hydrogens (primary N) is 1. The van der Waals surface area contributed by atoms with Crippen molar-refractivity contribution in [2.24, 2.45) is 7.05 Å². The average molecular weight is 295 g/mol. The largest absolute Gasteiger partial charge is 0.444 e. The Bertz CT molecular complexity index is 486. The van der Waals surface area contributed by atoms with E-state index >= 15 is 0 Å². The molecule has 7 heteroatoms. The molecule has 1 aromatic rings. The third kappa shape index (κ3) is 4.03. The number of alkyl carbamates (subject to hydrolysis) is 1. The normalized spacial score (nSPS) is 19.4. The summed E-state index contributed by atoms with van der Waals surface area (Å²) in [6.07, 6.45) is 3.21. The van der Waals surface area contributed by atoms with Crippen molar-refractivity contribution in [2.45, 2.75) is 45.3 Å². The minimum absolute atomic E-state index is 0.0582. The monoisotopic (exact) mass is 295 g/mol. The smallest absolute Gasteiger partial charge is 0.407 e. The van der Waals surface area contributed by atoms with Crippen molar-refractivity contribution >= 4 is 17.6 Å². The van der Waals surface area contributed by atoms with Crippen molar-refractivity contribution in [1.82, 2.24) is 15.1 Å². The molecule has 1 amide bonds. The lowest BCUT2D eigenvalue weighted by Crippen LogP contribution is -2.49. The quantitative estimate of drug-likeness (QED) is 0.863. The van der Waals surface area contributed by atoms with E-state index in [9.17, 15) is 4.79 Å². The highest BCUT2D eigenvalue weighted by molar-refractivity contribution is 5.68. The van der Waals surface area contributed by atoms with Gasteiger partial charge in [-0.3, -0.25) is 4.68 Å². The van der Waals surface area contributed by atoms with E-state index in [1.54, 1.807) is 10.9 Å². The van der Waals surface area contributed by atoms with Gasteiger partial charge < -0.3 is 20.7 Å². The second kappa shape index (κ2) is 5.83. The predicted molar refractivity (Wildman–Crippen MR) is 82.2 cm³/mol. The van der Waals surface area contributed by atoms with Crippen molar-refractivity contribution in [3.8, 4) is 0 Å². The second-order valence-corrected chi connectivity index (χ2v) is 6.48. The van der Waals surface area contributed by atoms with Crippen molar-refractivity contribution in [2.75, 3.05) is 23.7 Å². The van der Waals surface area contributed by atoms with Gasteiger partial charge in [0.2, 0.25) is 0 Å². The van der Waals surface area contributed by atoms with Crippen LogP contribution in [0.3, 0.4) is 0 Å². The Labute approximate surface area is 125 Å². The van der Waals surface area contributed by atoms with Crippen LogP contribution in [0, 0.1) is 0 Å². The minimum atomic E-state index is -0.481. The lowest BCUT2D eigenvalue weighted by Gasteiger charge is -2.35. The standard InChI is InChI=1S/C14H25N5O2/c1-14(2,3)21-13(20)17-10-6-5-7-19(9-10)12-11(15)8-16-18(12)4/h8,10H,5-7,9,15H2,1-4H3,(H,17,20)/t10-/m1/s1. The number of piperidine rings is 1. The fourth-order valence-corrected chi connectivity index (χ4v) is 2.60. The van der Waals surface area contributed by atoms with Gasteiger partial charge in [0.25, 0.3) is 0 Å². The molecule has 0 unspecified atom stereocenters. The number of carbonyl (C=O) groups excluding carboxylic acids is 1. The first-order valence-electron chi connectivity index (χ1n) is 7.28. The average Bonchev–Trinajstić information content (AvgIpc) is 2.66. The van der Waals surface area contributed by atoms with E-state index in [1.165, 1.54) is 0 Å². The van der Waals surface area contributed by atoms with Crippen LogP contribution in [0.2, 0.25) is 0 Å². The van der Waals surface area contributed by atoms with Gasteiger partial charge in [0, 0.05) is 26.2 Å². The molecular weight excluding hydrogens is 270 g/mol. The fraction of sp³-hybridized carbons (Fsp3) is 0.714. The van der Waals surface area contributed by atoms with Crippen LogP contribution >= 0.6 is 0 Å². The zero-order valence-electron chi connectivity index (χ0n) is 13.2. The molecule has 0 aromatic carbocycles. The summed E-state index contributed by atoms with van der Waals surface area (Å²) in [5.74, 6) is 0.908. The second-order valence-electron chi connectivity index (χ2n) is 6.48. The van der Waals surface area contributed by atoms with Crippen LogP contribution in [-0.2, 0) is 11.8 Å². The third-order valence-corrected chi connectivity index (χ3v) is 3.38. The number of aromatic nitrogens is 2. The molecular formula is C14H25N5O2. The zero-order valence-corrected chi connectivity index (χ0v) is 13.2. The highest BCUT2D eigenvalue weighted by Gasteiger charge is 2.26. The zero-order chi connectivity index (χ0) is 15.6. The summed E-state index contributed by atoms with van der Waals surface area (Å²) in [4.78, 5) is 14.0. The molecule has 3 N–H and O–H groups in total. The van der Waals surface area contributed by atoms with Gasteiger partial charge >= 0.3 is 6.09 Å². The molecule has 0 aliphatic carbocycles. The van der Waals surface area contributed by atoms with Gasteiger partial charge in [-0.05, 0) is 33.6 Å². The molecule has 0 saturated carbocycles. The molecule has 2 heterocycles. The Balaban J connectivity index is 1.97. The van der Waals surface area contributed by atoms with E-state index in [4.69, 9.17) is 10.5 Å². The Hall–Kier alpha value is -1.92. The maximum absolute atomic E-state index is 11.9. The number of nitrogens with zero attached hydrogens (tertiary/aromatic N) is 3. The summed E-state index contributed by atoms with van der Waals surface area (Å²) in [5, 5.41) is 7.10. The molecule has 1 saturated heterocycles. The van der Waals surface area contributed by atoms with E-state index < -0.39 is 5.60 Å². The summed E-state index contributed by atoms with van der Waals surface area (Å²) >= 11 is 0. The molecule has 0 spiro atoms. The molecule has 21 heavy (non-hydrogen) atoms. The van der Waals surface area contributed by atoms with Gasteiger partial charge in [0.1, 0.15) is 11.4 Å². The topological polar surface area (TPSA) is 85.4 Å². The van der Waals surface area contributed by atoms with Gasteiger partial charge in [-0.15, -0.1) is 0 Å². The summed E-state index contributed by atoms with van der Waals surface area (Å²) in [6, 6.07) is 0.0582. The van der Waals surface area contributed by atoms with Crippen molar-refractivity contribution < 1.29 is 9.53 Å². The number of aryl methyl sites for hydroxylation is 1. The number of hydrogen-bond donors (Lipinski definition) is 2. The molecule has 118 valence electrons. The molecule has 1 aliphatic rings. The molecule has 1 aliphatic heterocycles. The SMILES string of the molecule is Cn1ncc(N)c1N1CCC[C@@H](NC(=O)OC(C)(C)C)C1. The number of anilines is 2. The van der Waals surface area contributed by atoms with Crippen LogP contribution in [0.25, 0.3) is 0 Å². The van der Waals surface area contributed by atoms with Crippen LogP contribution < -0.4 is 16.0 Å². The molecule has 7 nitrogen and oxygen atoms in total. The van der Waals surface area contributed by atoms with Crippen molar-refractivity contribution in [3.63, 3.8) is 0 Å². The van der Waals surface area contributed by atoms with Gasteiger partial charge in [-0.1, -0.05) is 0 Å². The van der Waals surface area contributed by atoms with Crippen LogP contribution in [0.5, 0.6) is 0 Å². The van der Waals surface area contributed by atoms with Gasteiger partial charge in [0.15, 0.2) is 0 Å². The lowest BCUT2D eigenvalue weighted by atomic mass is 10.1. The molecule has 1 atom stereocenters. The van der Waals surface area contributed by atoms with Gasteiger partial charge in [-0.25, -0.2) is 4.79 Å². The molecule has 1 aromatic heterocycles. The summed E-state index contributed by atoms with van der Waals surface area (Å²) in [7, 11) is 1.87. The molecule has 2 rings (SSSR count). The Morgan fingerprint density at radius 3 is 2.81 bits per heavy atom. The van der Waals surface area contributed by atoms with Crippen molar-refractivity contribution in [1.29, 1.82) is 0 Å². The Morgan fingerprint density at radius 2 is 2.24 bits per heavy atom. The van der Waals surface area contributed by atoms with Crippen molar-refractivity contribution in [3.05, 3.63) is 6.20 Å². The summed E-state index contributed by atoms with van der Waals surface area (Å²) in [5.41, 5.74) is 6.15. The van der Waals surface area contributed by atoms with Crippen LogP contribution in [0.1, 0.15) is 33.6 Å². The summed E-state index contributed by atoms with van der Waals surface area (Å²) < 4.78 is 7.07. The third-order valence-electron chi connectivity index (χ3n) is 3.38. The van der Waals surface area contributed by atoms with Gasteiger partial charge in [0.05, 0.1) is 11.9 Å². The van der Waals surface area contributed by atoms with Crippen LogP contribution in [0.4, 0.5) is 16.3 Å². The van der Waals surface area contributed by atoms with E-state index in [2.05, 4.69) is 15.3 Å². The number of amides is 1. The fourth-order valence-electron chi connectivity index (χ4n) is 2.60. The van der Waals surface area contributed by atoms with E-state index in [-0.39, 0.29) is 12.1 Å². The molecule has 0 radical (unpaired) electrons. The number of ether oxygens (including phenoxy) is 1. The van der Waals surface area contributed by atoms with E-state index in [1.807, 2.05) is 27.8 Å². The lowest BCUT2D eigenvalue weighted by molar-refractivity contribution is 0.0500. The Kier molecular flexibility index (Phi) is 4.29. The van der Waals surface area contributed by atoms with E-state index in [0.29, 0.717) is 12.2 Å². The molecule has 0 bridgehead atoms. The first kappa shape index (κ1) is 15.5. The minimum Gasteiger partial charge on any atom is -0.444 e. The number of nitrogen functional groups attached to an aromatic ring is 1. The number of rotatable bonds is 2. The maximum atomic E-state index is 11.9. The highest BCUT2D eigenvalue weighted by Crippen LogP contribution is 2.25.